The third-order valence-corrected chi connectivity index (χ3v) is 7.52. The summed E-state index contributed by atoms with van der Waals surface area (Å²) in [5.41, 5.74) is 0.884. The third-order valence-electron chi connectivity index (χ3n) is 3.29. The number of sulfone groups is 1. The molecule has 1 aromatic rings. The number of benzene rings is 1. The minimum absolute atomic E-state index is 0.0317. The van der Waals surface area contributed by atoms with Crippen molar-refractivity contribution in [1.82, 2.24) is 4.31 Å². The van der Waals surface area contributed by atoms with Crippen LogP contribution in [0.25, 0.3) is 0 Å². The Balaban J connectivity index is 2.12. The Morgan fingerprint density at radius 3 is 2.42 bits per heavy atom. The normalized spacial score (nSPS) is 22.7. The van der Waals surface area contributed by atoms with Gasteiger partial charge in [-0.15, -0.1) is 0 Å². The molecule has 1 heterocycles. The summed E-state index contributed by atoms with van der Waals surface area (Å²) in [4.78, 5) is 0. The first-order valence-corrected chi connectivity index (χ1v) is 9.33. The van der Waals surface area contributed by atoms with E-state index in [4.69, 9.17) is 0 Å². The van der Waals surface area contributed by atoms with Crippen molar-refractivity contribution in [3.8, 4) is 0 Å². The highest BCUT2D eigenvalue weighted by Crippen LogP contribution is 2.22. The lowest BCUT2D eigenvalue weighted by molar-refractivity contribution is 0.457. The van der Waals surface area contributed by atoms with Gasteiger partial charge in [0.1, 0.15) is 0 Å². The molecule has 0 bridgehead atoms. The zero-order chi connectivity index (χ0) is 14.1. The number of rotatable bonds is 4. The van der Waals surface area contributed by atoms with Gasteiger partial charge < -0.3 is 0 Å². The fraction of sp³-hybridized carbons (Fsp3) is 0.500. The maximum atomic E-state index is 12.3. The smallest absolute Gasteiger partial charge is 0.218 e. The summed E-state index contributed by atoms with van der Waals surface area (Å²) >= 11 is 0. The second-order valence-corrected chi connectivity index (χ2v) is 9.36. The van der Waals surface area contributed by atoms with E-state index in [1.807, 2.05) is 30.3 Å². The van der Waals surface area contributed by atoms with Gasteiger partial charge in [0.25, 0.3) is 0 Å². The maximum absolute atomic E-state index is 12.3. The van der Waals surface area contributed by atoms with Crippen LogP contribution in [0.15, 0.2) is 30.3 Å². The van der Waals surface area contributed by atoms with Gasteiger partial charge in [-0.2, -0.15) is 0 Å². The lowest BCUT2D eigenvalue weighted by atomic mass is 10.2. The summed E-state index contributed by atoms with van der Waals surface area (Å²) in [7, 11) is -5.25. The molecule has 19 heavy (non-hydrogen) atoms. The summed E-state index contributed by atoms with van der Waals surface area (Å²) in [5.74, 6) is -0.287. The van der Waals surface area contributed by atoms with Gasteiger partial charge in [-0.25, -0.2) is 21.1 Å². The van der Waals surface area contributed by atoms with E-state index in [-0.39, 0.29) is 24.5 Å². The van der Waals surface area contributed by atoms with Gasteiger partial charge in [0.05, 0.1) is 16.8 Å². The van der Waals surface area contributed by atoms with Crippen molar-refractivity contribution in [2.45, 2.75) is 18.2 Å². The first kappa shape index (κ1) is 14.5. The van der Waals surface area contributed by atoms with E-state index in [0.717, 1.165) is 5.56 Å². The van der Waals surface area contributed by atoms with Crippen LogP contribution < -0.4 is 0 Å². The highest BCUT2D eigenvalue weighted by molar-refractivity contribution is 7.95. The molecule has 1 aliphatic rings. The summed E-state index contributed by atoms with van der Waals surface area (Å²) in [6.45, 7) is 0.264. The molecule has 0 saturated carbocycles. The first-order chi connectivity index (χ1) is 8.81. The van der Waals surface area contributed by atoms with Gasteiger partial charge in [0, 0.05) is 13.6 Å². The zero-order valence-corrected chi connectivity index (χ0v) is 12.3. The van der Waals surface area contributed by atoms with Crippen molar-refractivity contribution in [2.24, 2.45) is 0 Å². The lowest BCUT2D eigenvalue weighted by Gasteiger charge is -2.20. The van der Waals surface area contributed by atoms with Crippen LogP contribution >= 0.6 is 0 Å². The fourth-order valence-electron chi connectivity index (χ4n) is 2.18. The van der Waals surface area contributed by atoms with Crippen molar-refractivity contribution < 1.29 is 16.8 Å². The van der Waals surface area contributed by atoms with E-state index in [0.29, 0.717) is 0 Å². The second-order valence-electron chi connectivity index (χ2n) is 4.81. The maximum Gasteiger partial charge on any atom is 0.218 e. The average molecular weight is 303 g/mol. The molecule has 0 unspecified atom stereocenters. The van der Waals surface area contributed by atoms with Crippen molar-refractivity contribution in [1.29, 1.82) is 0 Å². The third kappa shape index (κ3) is 3.34. The van der Waals surface area contributed by atoms with Gasteiger partial charge in [-0.05, 0) is 12.0 Å². The highest BCUT2D eigenvalue weighted by atomic mass is 32.2. The molecule has 0 N–H and O–H groups in total. The second kappa shape index (κ2) is 5.22. The van der Waals surface area contributed by atoms with E-state index in [1.165, 1.54) is 11.4 Å². The van der Waals surface area contributed by atoms with Gasteiger partial charge in [-0.3, -0.25) is 0 Å². The van der Waals surface area contributed by atoms with E-state index in [2.05, 4.69) is 0 Å². The molecule has 7 heteroatoms. The Morgan fingerprint density at radius 2 is 1.89 bits per heavy atom. The number of hydrogen-bond acceptors (Lipinski definition) is 4. The number of nitrogens with zero attached hydrogens (tertiary/aromatic N) is 1. The van der Waals surface area contributed by atoms with E-state index in [9.17, 15) is 16.8 Å². The van der Waals surface area contributed by atoms with Crippen LogP contribution in [-0.4, -0.2) is 44.9 Å². The molecular weight excluding hydrogens is 286 g/mol. The van der Waals surface area contributed by atoms with Crippen LogP contribution in [0.1, 0.15) is 12.0 Å². The monoisotopic (exact) mass is 303 g/mol. The predicted molar refractivity (Wildman–Crippen MR) is 73.9 cm³/mol. The highest BCUT2D eigenvalue weighted by Gasteiger charge is 2.39. The quantitative estimate of drug-likeness (QED) is 0.818. The SMILES string of the molecule is CN(Cc1ccccc1)S(=O)(=O)[C@H]1CCS(=O)(=O)C1. The Labute approximate surface area is 114 Å². The van der Waals surface area contributed by atoms with Crippen LogP contribution in [0, 0.1) is 0 Å². The molecule has 0 amide bonds. The summed E-state index contributed by atoms with van der Waals surface area (Å²) < 4.78 is 48.6. The van der Waals surface area contributed by atoms with Gasteiger partial charge >= 0.3 is 0 Å². The fourth-order valence-corrected chi connectivity index (χ4v) is 6.44. The van der Waals surface area contributed by atoms with Crippen LogP contribution in [0.5, 0.6) is 0 Å². The average Bonchev–Trinajstić information content (AvgIpc) is 2.71. The molecule has 0 radical (unpaired) electrons. The summed E-state index contributed by atoms with van der Waals surface area (Å²) in [6, 6.07) is 9.24. The first-order valence-electron chi connectivity index (χ1n) is 6.01. The molecule has 0 spiro atoms. The molecule has 1 aliphatic heterocycles. The van der Waals surface area contributed by atoms with E-state index >= 15 is 0 Å². The minimum Gasteiger partial charge on any atom is -0.229 e. The van der Waals surface area contributed by atoms with Crippen molar-refractivity contribution in [3.63, 3.8) is 0 Å². The van der Waals surface area contributed by atoms with Crippen molar-refractivity contribution in [2.75, 3.05) is 18.6 Å². The van der Waals surface area contributed by atoms with Crippen molar-refractivity contribution >= 4 is 19.9 Å². The van der Waals surface area contributed by atoms with Gasteiger partial charge in [0.2, 0.25) is 10.0 Å². The topological polar surface area (TPSA) is 71.5 Å². The standard InChI is InChI=1S/C12H17NO4S2/c1-13(9-11-5-3-2-4-6-11)19(16,17)12-7-8-18(14,15)10-12/h2-6,12H,7-10H2,1H3/t12-/m0/s1. The Kier molecular flexibility index (Phi) is 3.98. The van der Waals surface area contributed by atoms with Crippen LogP contribution in [0.4, 0.5) is 0 Å². The summed E-state index contributed by atoms with van der Waals surface area (Å²) in [6.07, 6.45) is 0.198. The molecule has 0 aromatic heterocycles. The van der Waals surface area contributed by atoms with Crippen LogP contribution in [0.3, 0.4) is 0 Å². The number of sulfonamides is 1. The summed E-state index contributed by atoms with van der Waals surface area (Å²) in [5, 5.41) is -0.800. The molecule has 106 valence electrons. The zero-order valence-electron chi connectivity index (χ0n) is 10.7. The molecule has 1 saturated heterocycles. The van der Waals surface area contributed by atoms with Gasteiger partial charge in [-0.1, -0.05) is 30.3 Å². The van der Waals surface area contributed by atoms with Gasteiger partial charge in [0.15, 0.2) is 9.84 Å². The molecule has 1 aromatic carbocycles. The van der Waals surface area contributed by atoms with E-state index in [1.54, 1.807) is 0 Å². The Bertz CT molecular complexity index is 638. The molecule has 2 rings (SSSR count). The largest absolute Gasteiger partial charge is 0.229 e. The minimum atomic E-state index is -3.55. The molecule has 5 nitrogen and oxygen atoms in total. The predicted octanol–water partition coefficient (Wildman–Crippen LogP) is 0.635. The number of hydrogen-bond donors (Lipinski definition) is 0. The van der Waals surface area contributed by atoms with Crippen molar-refractivity contribution in [3.05, 3.63) is 35.9 Å². The Hall–Kier alpha value is -0.920. The molecule has 0 aliphatic carbocycles. The Morgan fingerprint density at radius 1 is 1.26 bits per heavy atom. The molecular formula is C12H17NO4S2. The molecule has 1 atom stereocenters. The van der Waals surface area contributed by atoms with Crippen LogP contribution in [0.2, 0.25) is 0 Å². The molecule has 1 fully saturated rings. The van der Waals surface area contributed by atoms with Crippen LogP contribution in [-0.2, 0) is 26.4 Å². The van der Waals surface area contributed by atoms with E-state index < -0.39 is 25.1 Å². The lowest BCUT2D eigenvalue weighted by Crippen LogP contribution is -2.36.